The van der Waals surface area contributed by atoms with Crippen molar-refractivity contribution in [2.75, 3.05) is 12.0 Å². The highest BCUT2D eigenvalue weighted by Crippen LogP contribution is 2.30. The Hall–Kier alpha value is -5.59. The first-order valence-electron chi connectivity index (χ1n) is 10.9. The Bertz CT molecular complexity index is 1500. The van der Waals surface area contributed by atoms with E-state index in [4.69, 9.17) is 9.47 Å². The van der Waals surface area contributed by atoms with E-state index in [-0.39, 0.29) is 29.4 Å². The molecule has 0 unspecified atom stereocenters. The highest BCUT2D eigenvalue weighted by atomic mass is 16.6. The second kappa shape index (κ2) is 10.6. The van der Waals surface area contributed by atoms with Gasteiger partial charge in [-0.3, -0.25) is 35.1 Å². The summed E-state index contributed by atoms with van der Waals surface area (Å²) in [5.74, 6) is -1.32. The maximum absolute atomic E-state index is 13.2. The van der Waals surface area contributed by atoms with Crippen molar-refractivity contribution in [3.8, 4) is 11.5 Å². The first kappa shape index (κ1) is 25.5. The van der Waals surface area contributed by atoms with Gasteiger partial charge in [-0.2, -0.15) is 0 Å². The fourth-order valence-corrected chi connectivity index (χ4v) is 3.55. The van der Waals surface area contributed by atoms with Gasteiger partial charge in [0.15, 0.2) is 0 Å². The molecule has 3 aromatic carbocycles. The summed E-state index contributed by atoms with van der Waals surface area (Å²) in [4.78, 5) is 59.7. The fraction of sp³-hybridized carbons (Fsp3) is 0.0800. The minimum absolute atomic E-state index is 0.000226. The van der Waals surface area contributed by atoms with Crippen molar-refractivity contribution in [2.45, 2.75) is 6.61 Å². The van der Waals surface area contributed by atoms with E-state index < -0.39 is 33.3 Å². The number of methoxy groups -OCH3 is 1. The second-order valence-electron chi connectivity index (χ2n) is 7.85. The fourth-order valence-electron chi connectivity index (χ4n) is 3.55. The number of hydrogen-bond acceptors (Lipinski definition) is 9. The van der Waals surface area contributed by atoms with Gasteiger partial charge in [0.25, 0.3) is 23.2 Å². The Morgan fingerprint density at radius 1 is 0.921 bits per heavy atom. The highest BCUT2D eigenvalue weighted by Gasteiger charge is 2.37. The number of carbonyl (C=O) groups is 3. The third kappa shape index (κ3) is 5.31. The van der Waals surface area contributed by atoms with Gasteiger partial charge in [-0.25, -0.2) is 9.69 Å². The average Bonchev–Trinajstić information content (AvgIpc) is 2.90. The number of nitrogens with zero attached hydrogens (tertiary/aromatic N) is 3. The van der Waals surface area contributed by atoms with E-state index in [1.165, 1.54) is 67.8 Å². The largest absolute Gasteiger partial charge is 0.497 e. The van der Waals surface area contributed by atoms with E-state index in [1.807, 2.05) is 0 Å². The summed E-state index contributed by atoms with van der Waals surface area (Å²) >= 11 is 0. The number of non-ortho nitro benzene ring substituents is 2. The van der Waals surface area contributed by atoms with Crippen LogP contribution in [-0.4, -0.2) is 34.8 Å². The number of barbiturate groups is 1. The van der Waals surface area contributed by atoms with Crippen molar-refractivity contribution in [1.29, 1.82) is 0 Å². The molecule has 0 radical (unpaired) electrons. The van der Waals surface area contributed by atoms with Crippen molar-refractivity contribution in [1.82, 2.24) is 5.32 Å². The summed E-state index contributed by atoms with van der Waals surface area (Å²) in [5.41, 5.74) is -0.0238. The standard InChI is InChI=1S/C25H18N4O9/c1-37-20-10-7-16(22(13-20)38-14-15-5-8-17(9-6-15)28(33)34)11-21-23(30)26-25(32)27(24(21)31)18-3-2-4-19(12-18)29(35)36/h2-13H,14H2,1H3,(H,26,30,32)/b21-11+. The summed E-state index contributed by atoms with van der Waals surface area (Å²) in [6.07, 6.45) is 1.22. The molecule has 192 valence electrons. The predicted molar refractivity (Wildman–Crippen MR) is 133 cm³/mol. The minimum atomic E-state index is -1.05. The number of hydrogen-bond donors (Lipinski definition) is 1. The number of rotatable bonds is 8. The zero-order valence-electron chi connectivity index (χ0n) is 19.7. The van der Waals surface area contributed by atoms with Gasteiger partial charge in [-0.1, -0.05) is 6.07 Å². The van der Waals surface area contributed by atoms with Gasteiger partial charge in [-0.15, -0.1) is 0 Å². The zero-order valence-corrected chi connectivity index (χ0v) is 19.7. The summed E-state index contributed by atoms with van der Waals surface area (Å²) < 4.78 is 11.1. The number of amides is 4. The molecule has 1 N–H and O–H groups in total. The Morgan fingerprint density at radius 2 is 1.63 bits per heavy atom. The summed E-state index contributed by atoms with van der Waals surface area (Å²) in [6, 6.07) is 14.1. The van der Waals surface area contributed by atoms with Gasteiger partial charge in [0.05, 0.1) is 22.6 Å². The van der Waals surface area contributed by atoms with E-state index >= 15 is 0 Å². The molecule has 1 fully saturated rings. The Labute approximate surface area is 214 Å². The van der Waals surface area contributed by atoms with Crippen molar-refractivity contribution in [3.05, 3.63) is 104 Å². The van der Waals surface area contributed by atoms with Crippen LogP contribution in [0.4, 0.5) is 21.9 Å². The Kier molecular flexibility index (Phi) is 7.10. The van der Waals surface area contributed by atoms with Crippen molar-refractivity contribution >= 4 is 41.0 Å². The highest BCUT2D eigenvalue weighted by molar-refractivity contribution is 6.39. The van der Waals surface area contributed by atoms with Gasteiger partial charge in [0, 0.05) is 35.9 Å². The van der Waals surface area contributed by atoms with E-state index in [2.05, 4.69) is 5.32 Å². The van der Waals surface area contributed by atoms with Crippen LogP contribution in [-0.2, 0) is 16.2 Å². The van der Waals surface area contributed by atoms with Crippen molar-refractivity contribution in [3.63, 3.8) is 0 Å². The molecule has 0 spiro atoms. The normalized spacial score (nSPS) is 14.3. The molecule has 4 amide bonds. The maximum atomic E-state index is 13.2. The number of ether oxygens (including phenoxy) is 2. The first-order chi connectivity index (χ1) is 18.2. The summed E-state index contributed by atoms with van der Waals surface area (Å²) in [6.45, 7) is -0.000226. The van der Waals surface area contributed by atoms with Crippen LogP contribution in [0.2, 0.25) is 0 Å². The SMILES string of the molecule is COc1ccc(/C=C2\C(=O)NC(=O)N(c3cccc([N+](=O)[O-])c3)C2=O)c(OCc2ccc([N+](=O)[O-])cc2)c1. The van der Waals surface area contributed by atoms with Crippen molar-refractivity contribution < 1.29 is 33.7 Å². The molecule has 1 aliphatic rings. The van der Waals surface area contributed by atoms with Crippen LogP contribution in [0.1, 0.15) is 11.1 Å². The number of nitrogens with one attached hydrogen (secondary N) is 1. The van der Waals surface area contributed by atoms with Gasteiger partial charge in [0.2, 0.25) is 0 Å². The molecule has 3 aromatic rings. The lowest BCUT2D eigenvalue weighted by molar-refractivity contribution is -0.385. The number of nitro groups is 2. The van der Waals surface area contributed by atoms with Crippen LogP contribution in [0.25, 0.3) is 6.08 Å². The zero-order chi connectivity index (χ0) is 27.4. The molecule has 4 rings (SSSR count). The third-order valence-corrected chi connectivity index (χ3v) is 5.46. The number of urea groups is 1. The molecule has 1 aliphatic heterocycles. The number of carbonyl (C=O) groups excluding carboxylic acids is 3. The van der Waals surface area contributed by atoms with E-state index in [9.17, 15) is 34.6 Å². The second-order valence-corrected chi connectivity index (χ2v) is 7.85. The predicted octanol–water partition coefficient (Wildman–Crippen LogP) is 3.76. The maximum Gasteiger partial charge on any atom is 0.335 e. The average molecular weight is 518 g/mol. The summed E-state index contributed by atoms with van der Waals surface area (Å²) in [7, 11) is 1.44. The third-order valence-electron chi connectivity index (χ3n) is 5.46. The molecule has 1 heterocycles. The summed E-state index contributed by atoms with van der Waals surface area (Å²) in [5, 5.41) is 24.1. The smallest absolute Gasteiger partial charge is 0.335 e. The molecule has 0 aromatic heterocycles. The molecule has 13 heteroatoms. The van der Waals surface area contributed by atoms with Crippen LogP contribution in [0, 0.1) is 20.2 Å². The lowest BCUT2D eigenvalue weighted by Gasteiger charge is -2.26. The van der Waals surface area contributed by atoms with Crippen LogP contribution in [0.5, 0.6) is 11.5 Å². The van der Waals surface area contributed by atoms with Gasteiger partial charge in [-0.05, 0) is 42.0 Å². The Morgan fingerprint density at radius 3 is 2.29 bits per heavy atom. The van der Waals surface area contributed by atoms with Crippen molar-refractivity contribution in [2.24, 2.45) is 0 Å². The van der Waals surface area contributed by atoms with Crippen LogP contribution >= 0.6 is 0 Å². The number of anilines is 1. The van der Waals surface area contributed by atoms with Gasteiger partial charge >= 0.3 is 6.03 Å². The van der Waals surface area contributed by atoms with Crippen LogP contribution in [0.3, 0.4) is 0 Å². The monoisotopic (exact) mass is 518 g/mol. The van der Waals surface area contributed by atoms with Gasteiger partial charge < -0.3 is 9.47 Å². The molecule has 13 nitrogen and oxygen atoms in total. The molecular weight excluding hydrogens is 500 g/mol. The lowest BCUT2D eigenvalue weighted by atomic mass is 10.1. The molecule has 1 saturated heterocycles. The number of benzene rings is 3. The van der Waals surface area contributed by atoms with Crippen LogP contribution in [0.15, 0.2) is 72.3 Å². The molecule has 0 aliphatic carbocycles. The number of imide groups is 2. The van der Waals surface area contributed by atoms with E-state index in [0.29, 0.717) is 21.8 Å². The minimum Gasteiger partial charge on any atom is -0.497 e. The lowest BCUT2D eigenvalue weighted by Crippen LogP contribution is -2.54. The quantitative estimate of drug-likeness (QED) is 0.202. The number of nitro benzene ring substituents is 2. The molecule has 0 saturated carbocycles. The van der Waals surface area contributed by atoms with E-state index in [1.54, 1.807) is 6.07 Å². The van der Waals surface area contributed by atoms with E-state index in [0.717, 1.165) is 6.07 Å². The molecule has 0 atom stereocenters. The Balaban J connectivity index is 1.67. The van der Waals surface area contributed by atoms with Gasteiger partial charge in [0.1, 0.15) is 23.7 Å². The topological polar surface area (TPSA) is 171 Å². The molecular formula is C25H18N4O9. The molecule has 38 heavy (non-hydrogen) atoms. The van der Waals surface area contributed by atoms with Crippen LogP contribution < -0.4 is 19.7 Å². The first-order valence-corrected chi connectivity index (χ1v) is 10.9. The molecule has 0 bridgehead atoms.